The number of likely N-dealkylation sites (N-methyl/N-ethyl adjacent to an activating group) is 1. The van der Waals surface area contributed by atoms with Crippen LogP contribution in [0.4, 0.5) is 11.5 Å². The summed E-state index contributed by atoms with van der Waals surface area (Å²) < 4.78 is 0. The Morgan fingerprint density at radius 3 is 3.00 bits per heavy atom. The summed E-state index contributed by atoms with van der Waals surface area (Å²) in [4.78, 5) is 18.9. The molecule has 1 aromatic heterocycles. The Hall–Kier alpha value is -2.30. The van der Waals surface area contributed by atoms with E-state index in [-0.39, 0.29) is 11.9 Å². The number of piperidine rings is 1. The molecule has 0 spiro atoms. The Morgan fingerprint density at radius 1 is 1.33 bits per heavy atom. The first-order chi connectivity index (χ1) is 10.2. The molecule has 3 N–H and O–H groups in total. The summed E-state index contributed by atoms with van der Waals surface area (Å²) in [6.07, 6.45) is 3.05. The highest BCUT2D eigenvalue weighted by Gasteiger charge is 2.28. The predicted octanol–water partition coefficient (Wildman–Crippen LogP) is 1.92. The SMILES string of the molecule is CNC(=O)C1CCCCN1c1ccc2cc(N)ccc2n1. The molecule has 5 nitrogen and oxygen atoms in total. The highest BCUT2D eigenvalue weighted by Crippen LogP contribution is 2.26. The summed E-state index contributed by atoms with van der Waals surface area (Å²) in [7, 11) is 1.69. The normalized spacial score (nSPS) is 18.7. The first-order valence-electron chi connectivity index (χ1n) is 7.33. The van der Waals surface area contributed by atoms with Crippen LogP contribution in [0, 0.1) is 0 Å². The summed E-state index contributed by atoms with van der Waals surface area (Å²) in [6, 6.07) is 9.56. The third kappa shape index (κ3) is 2.63. The molecule has 0 bridgehead atoms. The Labute approximate surface area is 124 Å². The summed E-state index contributed by atoms with van der Waals surface area (Å²) in [5.74, 6) is 0.925. The molecule has 1 atom stereocenters. The van der Waals surface area contributed by atoms with Gasteiger partial charge in [-0.15, -0.1) is 0 Å². The van der Waals surface area contributed by atoms with Crippen LogP contribution in [0.2, 0.25) is 0 Å². The standard InChI is InChI=1S/C16H20N4O/c1-18-16(21)14-4-2-3-9-20(14)15-8-5-11-10-12(17)6-7-13(11)19-15/h5-8,10,14H,2-4,9,17H2,1H3,(H,18,21). The number of nitrogen functional groups attached to an aromatic ring is 1. The van der Waals surface area contributed by atoms with Crippen molar-refractivity contribution in [3.05, 3.63) is 30.3 Å². The molecule has 1 aromatic carbocycles. The Kier molecular flexibility index (Phi) is 3.64. The number of nitrogens with one attached hydrogen (secondary N) is 1. The van der Waals surface area contributed by atoms with E-state index < -0.39 is 0 Å². The van der Waals surface area contributed by atoms with Gasteiger partial charge in [0.15, 0.2) is 0 Å². The first-order valence-corrected chi connectivity index (χ1v) is 7.33. The number of benzene rings is 1. The van der Waals surface area contributed by atoms with Gasteiger partial charge in [0.25, 0.3) is 0 Å². The number of carbonyl (C=O) groups is 1. The van der Waals surface area contributed by atoms with Crippen LogP contribution in [0.1, 0.15) is 19.3 Å². The molecular weight excluding hydrogens is 264 g/mol. The monoisotopic (exact) mass is 284 g/mol. The van der Waals surface area contributed by atoms with Gasteiger partial charge in [0, 0.05) is 24.7 Å². The molecule has 1 amide bonds. The molecule has 0 radical (unpaired) electrons. The van der Waals surface area contributed by atoms with Crippen LogP contribution in [0.3, 0.4) is 0 Å². The third-order valence-electron chi connectivity index (χ3n) is 4.04. The van der Waals surface area contributed by atoms with Gasteiger partial charge in [0.2, 0.25) is 5.91 Å². The van der Waals surface area contributed by atoms with E-state index in [0.29, 0.717) is 0 Å². The Morgan fingerprint density at radius 2 is 2.19 bits per heavy atom. The van der Waals surface area contributed by atoms with Gasteiger partial charge in [0.05, 0.1) is 5.52 Å². The van der Waals surface area contributed by atoms with Gasteiger partial charge >= 0.3 is 0 Å². The van der Waals surface area contributed by atoms with Crippen LogP contribution in [0.15, 0.2) is 30.3 Å². The van der Waals surface area contributed by atoms with Gasteiger partial charge in [0.1, 0.15) is 11.9 Å². The zero-order valence-electron chi connectivity index (χ0n) is 12.2. The van der Waals surface area contributed by atoms with Crippen LogP contribution >= 0.6 is 0 Å². The van der Waals surface area contributed by atoms with Crippen LogP contribution in [0.25, 0.3) is 10.9 Å². The molecule has 3 rings (SSSR count). The Balaban J connectivity index is 1.97. The van der Waals surface area contributed by atoms with Gasteiger partial charge in [-0.3, -0.25) is 4.79 Å². The van der Waals surface area contributed by atoms with Crippen molar-refractivity contribution < 1.29 is 4.79 Å². The highest BCUT2D eigenvalue weighted by atomic mass is 16.2. The van der Waals surface area contributed by atoms with E-state index >= 15 is 0 Å². The lowest BCUT2D eigenvalue weighted by Gasteiger charge is -2.35. The second-order valence-corrected chi connectivity index (χ2v) is 5.44. The van der Waals surface area contributed by atoms with Crippen molar-refractivity contribution >= 4 is 28.3 Å². The summed E-state index contributed by atoms with van der Waals surface area (Å²) in [5, 5.41) is 3.77. The van der Waals surface area contributed by atoms with E-state index in [1.807, 2.05) is 30.3 Å². The number of nitrogens with two attached hydrogens (primary N) is 1. The fourth-order valence-corrected chi connectivity index (χ4v) is 2.94. The highest BCUT2D eigenvalue weighted by molar-refractivity contribution is 5.87. The fraction of sp³-hybridized carbons (Fsp3) is 0.375. The van der Waals surface area contributed by atoms with Crippen LogP contribution in [-0.4, -0.2) is 30.5 Å². The zero-order chi connectivity index (χ0) is 14.8. The molecule has 1 unspecified atom stereocenters. The molecule has 2 heterocycles. The average molecular weight is 284 g/mol. The minimum atomic E-state index is -0.123. The molecular formula is C16H20N4O. The lowest BCUT2D eigenvalue weighted by Crippen LogP contribution is -2.49. The van der Waals surface area contributed by atoms with Crippen molar-refractivity contribution in [1.82, 2.24) is 10.3 Å². The molecule has 0 saturated carbocycles. The largest absolute Gasteiger partial charge is 0.399 e. The first kappa shape index (κ1) is 13.7. The van der Waals surface area contributed by atoms with Gasteiger partial charge in [-0.05, 0) is 49.6 Å². The second-order valence-electron chi connectivity index (χ2n) is 5.44. The minimum Gasteiger partial charge on any atom is -0.399 e. The summed E-state index contributed by atoms with van der Waals surface area (Å²) in [6.45, 7) is 0.867. The number of hydrogen-bond acceptors (Lipinski definition) is 4. The van der Waals surface area contributed by atoms with Crippen molar-refractivity contribution in [2.75, 3.05) is 24.2 Å². The molecule has 5 heteroatoms. The lowest BCUT2D eigenvalue weighted by molar-refractivity contribution is -0.122. The molecule has 1 fully saturated rings. The summed E-state index contributed by atoms with van der Waals surface area (Å²) >= 11 is 0. The predicted molar refractivity (Wildman–Crippen MR) is 85.2 cm³/mol. The average Bonchev–Trinajstić information content (AvgIpc) is 2.53. The number of amides is 1. The molecule has 110 valence electrons. The number of fused-ring (bicyclic) bond motifs is 1. The Bertz CT molecular complexity index is 670. The molecule has 1 saturated heterocycles. The van der Waals surface area contributed by atoms with E-state index in [0.717, 1.165) is 48.2 Å². The number of rotatable bonds is 2. The number of aromatic nitrogens is 1. The summed E-state index contributed by atoms with van der Waals surface area (Å²) in [5.41, 5.74) is 7.43. The van der Waals surface area contributed by atoms with Gasteiger partial charge in [-0.2, -0.15) is 0 Å². The van der Waals surface area contributed by atoms with Crippen LogP contribution in [-0.2, 0) is 4.79 Å². The van der Waals surface area contributed by atoms with Gasteiger partial charge < -0.3 is 16.0 Å². The van der Waals surface area contributed by atoms with Crippen molar-refractivity contribution in [3.63, 3.8) is 0 Å². The zero-order valence-corrected chi connectivity index (χ0v) is 12.2. The van der Waals surface area contributed by atoms with E-state index in [4.69, 9.17) is 10.7 Å². The van der Waals surface area contributed by atoms with Crippen LogP contribution in [0.5, 0.6) is 0 Å². The molecule has 1 aliphatic rings. The van der Waals surface area contributed by atoms with E-state index in [1.54, 1.807) is 7.05 Å². The van der Waals surface area contributed by atoms with Gasteiger partial charge in [-0.1, -0.05) is 0 Å². The van der Waals surface area contributed by atoms with E-state index in [1.165, 1.54) is 0 Å². The number of hydrogen-bond donors (Lipinski definition) is 2. The third-order valence-corrected chi connectivity index (χ3v) is 4.04. The quantitative estimate of drug-likeness (QED) is 0.827. The maximum absolute atomic E-state index is 12.1. The topological polar surface area (TPSA) is 71.2 Å². The number of anilines is 2. The van der Waals surface area contributed by atoms with Crippen LogP contribution < -0.4 is 16.0 Å². The second kappa shape index (κ2) is 5.60. The van der Waals surface area contributed by atoms with Crippen molar-refractivity contribution in [3.8, 4) is 0 Å². The van der Waals surface area contributed by atoms with E-state index in [2.05, 4.69) is 10.2 Å². The molecule has 2 aromatic rings. The molecule has 1 aliphatic heterocycles. The number of pyridine rings is 1. The fourth-order valence-electron chi connectivity index (χ4n) is 2.94. The maximum atomic E-state index is 12.1. The molecule has 21 heavy (non-hydrogen) atoms. The minimum absolute atomic E-state index is 0.0638. The van der Waals surface area contributed by atoms with Crippen molar-refractivity contribution in [1.29, 1.82) is 0 Å². The maximum Gasteiger partial charge on any atom is 0.242 e. The molecule has 0 aliphatic carbocycles. The van der Waals surface area contributed by atoms with Gasteiger partial charge in [-0.25, -0.2) is 4.98 Å². The lowest BCUT2D eigenvalue weighted by atomic mass is 10.0. The van der Waals surface area contributed by atoms with Crippen molar-refractivity contribution in [2.24, 2.45) is 0 Å². The van der Waals surface area contributed by atoms with Crippen molar-refractivity contribution in [2.45, 2.75) is 25.3 Å². The van der Waals surface area contributed by atoms with E-state index in [9.17, 15) is 4.79 Å². The smallest absolute Gasteiger partial charge is 0.242 e. The number of carbonyl (C=O) groups excluding carboxylic acids is 1. The number of nitrogens with zero attached hydrogens (tertiary/aromatic N) is 2.